The number of hydrogen-bond donors (Lipinski definition) is 1. The summed E-state index contributed by atoms with van der Waals surface area (Å²) in [6.45, 7) is 2.40. The first-order chi connectivity index (χ1) is 8.26. The van der Waals surface area contributed by atoms with Crippen molar-refractivity contribution in [2.45, 2.75) is 19.3 Å². The number of aliphatic hydroxyl groups excluding tert-OH is 1. The minimum absolute atomic E-state index is 0.298. The zero-order valence-corrected chi connectivity index (χ0v) is 10.9. The SMILES string of the molecule is COc1ccc(CCN(C)CCCCO)cc1. The summed E-state index contributed by atoms with van der Waals surface area (Å²) >= 11 is 0. The van der Waals surface area contributed by atoms with E-state index in [1.165, 1.54) is 5.56 Å². The molecule has 0 fully saturated rings. The van der Waals surface area contributed by atoms with Gasteiger partial charge in [0.25, 0.3) is 0 Å². The van der Waals surface area contributed by atoms with E-state index in [1.54, 1.807) is 7.11 Å². The normalized spacial score (nSPS) is 10.8. The molecule has 17 heavy (non-hydrogen) atoms. The standard InChI is InChI=1S/C14H23NO2/c1-15(10-3-4-12-16)11-9-13-5-7-14(17-2)8-6-13/h5-8,16H,3-4,9-12H2,1-2H3. The number of unbranched alkanes of at least 4 members (excludes halogenated alkanes) is 1. The predicted octanol–water partition coefficient (Wildman–Crippen LogP) is 1.94. The molecule has 0 saturated heterocycles. The van der Waals surface area contributed by atoms with E-state index in [2.05, 4.69) is 24.1 Å². The molecule has 0 amide bonds. The van der Waals surface area contributed by atoms with Gasteiger partial charge in [-0.1, -0.05) is 12.1 Å². The monoisotopic (exact) mass is 237 g/mol. The minimum Gasteiger partial charge on any atom is -0.497 e. The number of rotatable bonds is 8. The molecule has 96 valence electrons. The van der Waals surface area contributed by atoms with E-state index in [4.69, 9.17) is 9.84 Å². The molecule has 1 N–H and O–H groups in total. The van der Waals surface area contributed by atoms with E-state index >= 15 is 0 Å². The molecule has 1 aromatic rings. The Bertz CT molecular complexity index is 298. The summed E-state index contributed by atoms with van der Waals surface area (Å²) in [5.74, 6) is 0.907. The van der Waals surface area contributed by atoms with Crippen LogP contribution in [0.3, 0.4) is 0 Å². The molecule has 0 aromatic heterocycles. The zero-order valence-electron chi connectivity index (χ0n) is 10.9. The van der Waals surface area contributed by atoms with Crippen molar-refractivity contribution in [3.63, 3.8) is 0 Å². The van der Waals surface area contributed by atoms with Gasteiger partial charge in [0.1, 0.15) is 5.75 Å². The van der Waals surface area contributed by atoms with Crippen molar-refractivity contribution < 1.29 is 9.84 Å². The smallest absolute Gasteiger partial charge is 0.118 e. The molecule has 3 heteroatoms. The molecule has 0 aliphatic carbocycles. The molecule has 0 radical (unpaired) electrons. The Balaban J connectivity index is 2.24. The van der Waals surface area contributed by atoms with Gasteiger partial charge in [0.2, 0.25) is 0 Å². The third-order valence-corrected chi connectivity index (χ3v) is 2.89. The van der Waals surface area contributed by atoms with Crippen molar-refractivity contribution in [1.29, 1.82) is 0 Å². The van der Waals surface area contributed by atoms with Crippen molar-refractivity contribution >= 4 is 0 Å². The maximum absolute atomic E-state index is 8.71. The van der Waals surface area contributed by atoms with Crippen LogP contribution < -0.4 is 4.74 Å². The van der Waals surface area contributed by atoms with E-state index in [1.807, 2.05) is 12.1 Å². The molecule has 0 aliphatic heterocycles. The highest BCUT2D eigenvalue weighted by molar-refractivity contribution is 5.27. The molecule has 0 bridgehead atoms. The Hall–Kier alpha value is -1.06. The third-order valence-electron chi connectivity index (χ3n) is 2.89. The fourth-order valence-electron chi connectivity index (χ4n) is 1.72. The number of nitrogens with zero attached hydrogens (tertiary/aromatic N) is 1. The van der Waals surface area contributed by atoms with Crippen LogP contribution in [0.4, 0.5) is 0 Å². The van der Waals surface area contributed by atoms with Crippen molar-refractivity contribution in [2.24, 2.45) is 0 Å². The zero-order chi connectivity index (χ0) is 12.5. The second-order valence-electron chi connectivity index (χ2n) is 4.33. The molecule has 3 nitrogen and oxygen atoms in total. The molecule has 0 unspecified atom stereocenters. The first-order valence-electron chi connectivity index (χ1n) is 6.18. The summed E-state index contributed by atoms with van der Waals surface area (Å²) in [5.41, 5.74) is 1.33. The van der Waals surface area contributed by atoms with Crippen molar-refractivity contribution in [2.75, 3.05) is 33.9 Å². The molecule has 1 rings (SSSR count). The lowest BCUT2D eigenvalue weighted by Gasteiger charge is -2.16. The van der Waals surface area contributed by atoms with Gasteiger partial charge >= 0.3 is 0 Å². The van der Waals surface area contributed by atoms with Crippen molar-refractivity contribution in [3.8, 4) is 5.75 Å². The van der Waals surface area contributed by atoms with Gasteiger partial charge in [0.05, 0.1) is 7.11 Å². The minimum atomic E-state index is 0.298. The number of ether oxygens (including phenoxy) is 1. The van der Waals surface area contributed by atoms with Crippen LogP contribution in [-0.2, 0) is 6.42 Å². The van der Waals surface area contributed by atoms with Gasteiger partial charge in [-0.2, -0.15) is 0 Å². The fraction of sp³-hybridized carbons (Fsp3) is 0.571. The van der Waals surface area contributed by atoms with E-state index < -0.39 is 0 Å². The van der Waals surface area contributed by atoms with Gasteiger partial charge in [0, 0.05) is 13.2 Å². The lowest BCUT2D eigenvalue weighted by atomic mass is 10.1. The maximum atomic E-state index is 8.71. The van der Waals surface area contributed by atoms with Crippen LogP contribution in [0.1, 0.15) is 18.4 Å². The van der Waals surface area contributed by atoms with Gasteiger partial charge < -0.3 is 14.7 Å². The molecule has 0 atom stereocenters. The van der Waals surface area contributed by atoms with E-state index in [0.717, 1.165) is 38.1 Å². The van der Waals surface area contributed by atoms with Crippen LogP contribution in [0.2, 0.25) is 0 Å². The van der Waals surface area contributed by atoms with Crippen molar-refractivity contribution in [1.82, 2.24) is 4.90 Å². The Morgan fingerprint density at radius 3 is 2.41 bits per heavy atom. The molecule has 0 saturated carbocycles. The Morgan fingerprint density at radius 1 is 1.12 bits per heavy atom. The molecule has 0 heterocycles. The first kappa shape index (κ1) is 14.0. The van der Waals surface area contributed by atoms with Gasteiger partial charge in [-0.3, -0.25) is 0 Å². The van der Waals surface area contributed by atoms with E-state index in [9.17, 15) is 0 Å². The number of benzene rings is 1. The topological polar surface area (TPSA) is 32.7 Å². The molecular weight excluding hydrogens is 214 g/mol. The molecule has 0 spiro atoms. The number of methoxy groups -OCH3 is 1. The fourth-order valence-corrected chi connectivity index (χ4v) is 1.72. The molecule has 0 aliphatic rings. The second kappa shape index (κ2) is 8.09. The van der Waals surface area contributed by atoms with Crippen LogP contribution in [-0.4, -0.2) is 43.9 Å². The molecule has 1 aromatic carbocycles. The highest BCUT2D eigenvalue weighted by atomic mass is 16.5. The average Bonchev–Trinajstić information content (AvgIpc) is 2.37. The number of likely N-dealkylation sites (N-methyl/N-ethyl adjacent to an activating group) is 1. The first-order valence-corrected chi connectivity index (χ1v) is 6.18. The predicted molar refractivity (Wildman–Crippen MR) is 70.5 cm³/mol. The van der Waals surface area contributed by atoms with Crippen molar-refractivity contribution in [3.05, 3.63) is 29.8 Å². The quantitative estimate of drug-likeness (QED) is 0.701. The summed E-state index contributed by atoms with van der Waals surface area (Å²) in [7, 11) is 3.81. The largest absolute Gasteiger partial charge is 0.497 e. The highest BCUT2D eigenvalue weighted by Gasteiger charge is 1.99. The Labute approximate surface area is 104 Å². The summed E-state index contributed by atoms with van der Waals surface area (Å²) in [6, 6.07) is 8.23. The third kappa shape index (κ3) is 5.71. The van der Waals surface area contributed by atoms with E-state index in [0.29, 0.717) is 6.61 Å². The van der Waals surface area contributed by atoms with E-state index in [-0.39, 0.29) is 0 Å². The van der Waals surface area contributed by atoms with Gasteiger partial charge in [-0.25, -0.2) is 0 Å². The summed E-state index contributed by atoms with van der Waals surface area (Å²) in [6.07, 6.45) is 3.02. The Kier molecular flexibility index (Phi) is 6.67. The summed E-state index contributed by atoms with van der Waals surface area (Å²) < 4.78 is 5.13. The highest BCUT2D eigenvalue weighted by Crippen LogP contribution is 2.11. The van der Waals surface area contributed by atoms with Gasteiger partial charge in [-0.15, -0.1) is 0 Å². The number of aliphatic hydroxyl groups is 1. The summed E-state index contributed by atoms with van der Waals surface area (Å²) in [5, 5.41) is 8.71. The summed E-state index contributed by atoms with van der Waals surface area (Å²) in [4.78, 5) is 2.31. The van der Waals surface area contributed by atoms with Gasteiger partial charge in [-0.05, 0) is 50.6 Å². The Morgan fingerprint density at radius 2 is 1.82 bits per heavy atom. The maximum Gasteiger partial charge on any atom is 0.118 e. The number of hydrogen-bond acceptors (Lipinski definition) is 3. The lowest BCUT2D eigenvalue weighted by molar-refractivity contribution is 0.264. The van der Waals surface area contributed by atoms with Crippen LogP contribution in [0.5, 0.6) is 5.75 Å². The van der Waals surface area contributed by atoms with Gasteiger partial charge in [0.15, 0.2) is 0 Å². The van der Waals surface area contributed by atoms with Crippen LogP contribution in [0.25, 0.3) is 0 Å². The van der Waals surface area contributed by atoms with Crippen LogP contribution in [0, 0.1) is 0 Å². The lowest BCUT2D eigenvalue weighted by Crippen LogP contribution is -2.22. The van der Waals surface area contributed by atoms with Crippen LogP contribution >= 0.6 is 0 Å². The average molecular weight is 237 g/mol. The second-order valence-corrected chi connectivity index (χ2v) is 4.33. The van der Waals surface area contributed by atoms with Crippen LogP contribution in [0.15, 0.2) is 24.3 Å². The molecular formula is C14H23NO2.